The summed E-state index contributed by atoms with van der Waals surface area (Å²) in [6, 6.07) is 22.9. The molecule has 2 aliphatic heterocycles. The van der Waals surface area contributed by atoms with E-state index < -0.39 is 33.3 Å². The van der Waals surface area contributed by atoms with Crippen molar-refractivity contribution in [2.75, 3.05) is 0 Å². The van der Waals surface area contributed by atoms with Crippen LogP contribution in [0.1, 0.15) is 162 Å². The van der Waals surface area contributed by atoms with Crippen LogP contribution in [0.4, 0.5) is 0 Å². The highest BCUT2D eigenvalue weighted by Crippen LogP contribution is 2.57. The summed E-state index contributed by atoms with van der Waals surface area (Å²) in [5, 5.41) is 9.39. The van der Waals surface area contributed by atoms with Crippen molar-refractivity contribution in [3.05, 3.63) is 71.8 Å². The van der Waals surface area contributed by atoms with Gasteiger partial charge in [-0.05, 0) is 162 Å². The van der Waals surface area contributed by atoms with Crippen LogP contribution in [0.3, 0.4) is 0 Å². The zero-order chi connectivity index (χ0) is 51.5. The molecule has 1 aromatic heterocycles. The molecule has 5 rings (SSSR count). The molecule has 0 spiro atoms. The van der Waals surface area contributed by atoms with E-state index in [9.17, 15) is 0 Å². The lowest BCUT2D eigenvalue weighted by molar-refractivity contribution is -0.205. The Labute approximate surface area is 418 Å². The van der Waals surface area contributed by atoms with Crippen LogP contribution in [0.2, 0.25) is 72.5 Å². The molecule has 0 aliphatic carbocycles. The average Bonchev–Trinajstić information content (AvgIpc) is 3.73. The lowest BCUT2D eigenvalue weighted by Gasteiger charge is -2.46. The van der Waals surface area contributed by atoms with Crippen molar-refractivity contribution in [3.63, 3.8) is 0 Å². The minimum atomic E-state index is -2.24. The maximum atomic E-state index is 7.37. The first-order valence-corrected chi connectivity index (χ1v) is 37.5. The second-order valence-corrected chi connectivity index (χ2v) is 48.0. The van der Waals surface area contributed by atoms with Crippen molar-refractivity contribution >= 4 is 44.6 Å². The van der Waals surface area contributed by atoms with Crippen molar-refractivity contribution in [1.29, 1.82) is 0 Å². The van der Waals surface area contributed by atoms with Gasteiger partial charge in [0.1, 0.15) is 12.3 Å². The standard InChI is InChI=1S/C54H96N4O4SSi4/c1-47(2,3)64(21,22)59-55-45(56(52(15,16)51(55,13)14)60-65(23,24)48(4,5)6)41-33-29-39(30-34-41)43-37-38-44(63-43)40-31-35-42(36-32-40)46-57(61-66(25,26)49(7,8)9)53(17,18)54(19,20)58(46)62-67(27,28)50(10,11)12/h29-38,45-46H,1-28H3. The van der Waals surface area contributed by atoms with Gasteiger partial charge in [0.25, 0.3) is 0 Å². The third-order valence-corrected chi connectivity index (χ3v) is 36.5. The van der Waals surface area contributed by atoms with Gasteiger partial charge in [-0.25, -0.2) is 0 Å². The highest BCUT2D eigenvalue weighted by atomic mass is 32.1. The van der Waals surface area contributed by atoms with Crippen LogP contribution in [0, 0.1) is 0 Å². The van der Waals surface area contributed by atoms with Crippen molar-refractivity contribution in [3.8, 4) is 20.9 Å². The third kappa shape index (κ3) is 10.2. The van der Waals surface area contributed by atoms with Crippen molar-refractivity contribution < 1.29 is 18.1 Å². The van der Waals surface area contributed by atoms with Crippen LogP contribution in [0.5, 0.6) is 0 Å². The summed E-state index contributed by atoms with van der Waals surface area (Å²) in [4.78, 5) is 2.48. The monoisotopic (exact) mass is 1010 g/mol. The highest BCUT2D eigenvalue weighted by molar-refractivity contribution is 7.18. The van der Waals surface area contributed by atoms with Crippen molar-refractivity contribution in [1.82, 2.24) is 20.3 Å². The summed E-state index contributed by atoms with van der Waals surface area (Å²) < 4.78 is 29.5. The number of hydrogen-bond donors (Lipinski definition) is 0. The number of benzene rings is 2. The molecule has 0 N–H and O–H groups in total. The molecule has 2 saturated heterocycles. The van der Waals surface area contributed by atoms with Gasteiger partial charge in [-0.1, -0.05) is 132 Å². The van der Waals surface area contributed by atoms with Crippen LogP contribution in [0.15, 0.2) is 60.7 Å². The lowest BCUT2D eigenvalue weighted by Crippen LogP contribution is -2.58. The normalized spacial score (nSPS) is 21.2. The molecule has 13 heteroatoms. The molecule has 8 nitrogen and oxygen atoms in total. The average molecular weight is 1010 g/mol. The molecular weight excluding hydrogens is 913 g/mol. The van der Waals surface area contributed by atoms with E-state index in [1.54, 1.807) is 0 Å². The van der Waals surface area contributed by atoms with Gasteiger partial charge < -0.3 is 18.1 Å². The maximum absolute atomic E-state index is 7.37. The first-order chi connectivity index (χ1) is 29.8. The van der Waals surface area contributed by atoms with E-state index in [1.807, 2.05) is 11.3 Å². The molecule has 0 saturated carbocycles. The summed E-state index contributed by atoms with van der Waals surface area (Å²) in [7, 11) is -8.94. The van der Waals surface area contributed by atoms with E-state index >= 15 is 0 Å². The topological polar surface area (TPSA) is 49.9 Å². The summed E-state index contributed by atoms with van der Waals surface area (Å²) in [5.41, 5.74) is 3.31. The Kier molecular flexibility index (Phi) is 15.0. The molecule has 0 radical (unpaired) electrons. The number of hydroxylamine groups is 8. The predicted octanol–water partition coefficient (Wildman–Crippen LogP) is 17.2. The van der Waals surface area contributed by atoms with E-state index in [1.165, 1.54) is 32.0 Å². The zero-order valence-electron chi connectivity index (χ0n) is 47.8. The Morgan fingerprint density at radius 2 is 0.552 bits per heavy atom. The van der Waals surface area contributed by atoms with E-state index in [0.29, 0.717) is 0 Å². The Morgan fingerprint density at radius 3 is 0.731 bits per heavy atom. The van der Waals surface area contributed by atoms with Gasteiger partial charge in [-0.15, -0.1) is 11.3 Å². The summed E-state index contributed by atoms with van der Waals surface area (Å²) in [6.45, 7) is 65.2. The fraction of sp³-hybridized carbons (Fsp3) is 0.704. The number of thiophene rings is 1. The van der Waals surface area contributed by atoms with Crippen molar-refractivity contribution in [2.24, 2.45) is 0 Å². The maximum Gasteiger partial charge on any atom is 0.220 e. The third-order valence-electron chi connectivity index (χ3n) is 18.2. The Morgan fingerprint density at radius 1 is 0.358 bits per heavy atom. The van der Waals surface area contributed by atoms with Crippen LogP contribution < -0.4 is 0 Å². The minimum Gasteiger partial charge on any atom is -0.340 e. The van der Waals surface area contributed by atoms with Gasteiger partial charge in [0.15, 0.2) is 0 Å². The van der Waals surface area contributed by atoms with Crippen LogP contribution in [-0.4, -0.2) is 75.7 Å². The number of hydrogen-bond acceptors (Lipinski definition) is 9. The summed E-state index contributed by atoms with van der Waals surface area (Å²) >= 11 is 1.84. The SMILES string of the molecule is CC1(C)N(O[Si](C)(C)C(C)(C)C)C(c2ccc(-c3ccc(-c4ccc(C5N(O[Si](C)(C)C(C)(C)C)C(C)(C)C(C)(C)N5O[Si](C)(C)C(C)(C)C)cc4)s3)cc2)N(O[Si](C)(C)C(C)(C)C)C1(C)C. The Bertz CT molecular complexity index is 1960. The molecule has 2 aliphatic rings. The molecule has 2 aromatic carbocycles. The lowest BCUT2D eigenvalue weighted by atomic mass is 9.84. The van der Waals surface area contributed by atoms with E-state index in [-0.39, 0.29) is 54.6 Å². The second-order valence-electron chi connectivity index (χ2n) is 28.1. The summed E-state index contributed by atoms with van der Waals surface area (Å²) in [5.74, 6) is 0. The molecule has 3 heterocycles. The molecular formula is C54H96N4O4SSi4. The number of rotatable bonds is 12. The van der Waals surface area contributed by atoms with Crippen molar-refractivity contribution in [2.45, 2.75) is 245 Å². The fourth-order valence-electron chi connectivity index (χ4n) is 7.51. The van der Waals surface area contributed by atoms with Gasteiger partial charge in [0.05, 0.1) is 22.2 Å². The van der Waals surface area contributed by atoms with Gasteiger partial charge in [-0.3, -0.25) is 0 Å². The Hall–Kier alpha value is -1.31. The predicted molar refractivity (Wildman–Crippen MR) is 297 cm³/mol. The van der Waals surface area contributed by atoms with Gasteiger partial charge in [-0.2, -0.15) is 20.3 Å². The van der Waals surface area contributed by atoms with Gasteiger partial charge in [0.2, 0.25) is 33.3 Å². The molecule has 3 aromatic rings. The molecule has 0 atom stereocenters. The van der Waals surface area contributed by atoms with Gasteiger partial charge >= 0.3 is 0 Å². The fourth-order valence-corrected chi connectivity index (χ4v) is 12.9. The molecule has 378 valence electrons. The summed E-state index contributed by atoms with van der Waals surface area (Å²) in [6.07, 6.45) is -0.440. The quantitative estimate of drug-likeness (QED) is 0.166. The van der Waals surface area contributed by atoms with Crippen LogP contribution in [0.25, 0.3) is 20.9 Å². The number of nitrogens with zero attached hydrogens (tertiary/aromatic N) is 4. The molecule has 2 fully saturated rings. The molecule has 0 amide bonds. The zero-order valence-corrected chi connectivity index (χ0v) is 52.6. The van der Waals surface area contributed by atoms with Crippen LogP contribution >= 0.6 is 11.3 Å². The largest absolute Gasteiger partial charge is 0.340 e. The van der Waals surface area contributed by atoms with Gasteiger partial charge in [0, 0.05) is 9.75 Å². The van der Waals surface area contributed by atoms with E-state index in [0.717, 1.165) is 0 Å². The van der Waals surface area contributed by atoms with E-state index in [2.05, 4.69) is 272 Å². The smallest absolute Gasteiger partial charge is 0.220 e. The highest BCUT2D eigenvalue weighted by Gasteiger charge is 2.65. The van der Waals surface area contributed by atoms with Crippen LogP contribution in [-0.2, 0) is 18.1 Å². The first-order valence-electron chi connectivity index (χ1n) is 25.0. The second kappa shape index (κ2) is 17.7. The molecule has 0 unspecified atom stereocenters. The first kappa shape index (κ1) is 56.6. The molecule has 67 heavy (non-hydrogen) atoms. The minimum absolute atomic E-state index is 0.0375. The van der Waals surface area contributed by atoms with E-state index in [4.69, 9.17) is 18.1 Å². The molecule has 0 bridgehead atoms. The Balaban J connectivity index is 1.52.